The Morgan fingerprint density at radius 1 is 0.690 bits per heavy atom. The van der Waals surface area contributed by atoms with E-state index in [1.54, 1.807) is 72.8 Å². The average Bonchev–Trinajstić information content (AvgIpc) is 2.76. The summed E-state index contributed by atoms with van der Waals surface area (Å²) in [5.74, 6) is -1.46. The van der Waals surface area contributed by atoms with E-state index in [9.17, 15) is 19.2 Å². The van der Waals surface area contributed by atoms with Gasteiger partial charge in [-0.25, -0.2) is 0 Å². The highest BCUT2D eigenvalue weighted by Gasteiger charge is 2.31. The summed E-state index contributed by atoms with van der Waals surface area (Å²) in [6.07, 6.45) is 0. The van der Waals surface area contributed by atoms with Gasteiger partial charge in [0.15, 0.2) is 11.6 Å². The van der Waals surface area contributed by atoms with Crippen LogP contribution in [0.15, 0.2) is 72.8 Å². The fourth-order valence-electron chi connectivity index (χ4n) is 3.30. The van der Waals surface area contributed by atoms with Gasteiger partial charge >= 0.3 is 0 Å². The highest BCUT2D eigenvalue weighted by atomic mass is 16.2. The smallest absolute Gasteiger partial charge is 0.251 e. The number of hydrogen-bond donors (Lipinski definition) is 2. The Balaban J connectivity index is 1.53. The van der Waals surface area contributed by atoms with Gasteiger partial charge in [-0.05, 0) is 18.2 Å². The van der Waals surface area contributed by atoms with Crippen LogP contribution in [0.2, 0.25) is 0 Å². The lowest BCUT2D eigenvalue weighted by Gasteiger charge is -2.20. The molecular formula is C23H16N2O4. The van der Waals surface area contributed by atoms with Crippen molar-refractivity contribution in [3.05, 3.63) is 101 Å². The van der Waals surface area contributed by atoms with Crippen molar-refractivity contribution in [2.75, 3.05) is 11.9 Å². The van der Waals surface area contributed by atoms with Crippen LogP contribution >= 0.6 is 0 Å². The number of benzene rings is 3. The Bertz CT molecular complexity index is 1150. The zero-order valence-electron chi connectivity index (χ0n) is 15.3. The molecule has 0 aromatic heterocycles. The van der Waals surface area contributed by atoms with Crippen LogP contribution in [0.5, 0.6) is 0 Å². The van der Waals surface area contributed by atoms with Crippen molar-refractivity contribution < 1.29 is 19.2 Å². The lowest BCUT2D eigenvalue weighted by atomic mass is 9.83. The molecule has 0 radical (unpaired) electrons. The van der Waals surface area contributed by atoms with Crippen LogP contribution in [0.4, 0.5) is 5.69 Å². The van der Waals surface area contributed by atoms with Crippen LogP contribution in [0, 0.1) is 0 Å². The first kappa shape index (κ1) is 18.3. The predicted octanol–water partition coefficient (Wildman–Crippen LogP) is 2.83. The van der Waals surface area contributed by atoms with E-state index in [1.807, 2.05) is 0 Å². The molecule has 29 heavy (non-hydrogen) atoms. The van der Waals surface area contributed by atoms with Crippen molar-refractivity contribution in [1.29, 1.82) is 0 Å². The highest BCUT2D eigenvalue weighted by Crippen LogP contribution is 2.31. The third-order valence-corrected chi connectivity index (χ3v) is 4.67. The van der Waals surface area contributed by atoms with Gasteiger partial charge in [0.05, 0.1) is 17.8 Å². The summed E-state index contributed by atoms with van der Waals surface area (Å²) in [5, 5.41) is 5.16. The van der Waals surface area contributed by atoms with Crippen molar-refractivity contribution in [2.45, 2.75) is 0 Å². The SMILES string of the molecule is O=C(CNC(=O)c1ccccc1)Nc1cccc2c1C(=O)c1ccccc1C2=O. The second kappa shape index (κ2) is 7.52. The summed E-state index contributed by atoms with van der Waals surface area (Å²) in [7, 11) is 0. The van der Waals surface area contributed by atoms with Gasteiger partial charge in [-0.1, -0.05) is 54.6 Å². The molecule has 4 rings (SSSR count). The molecule has 2 amide bonds. The standard InChI is InChI=1S/C23H16N2O4/c26-19(13-24-23(29)14-7-2-1-3-8-14)25-18-12-6-11-17-20(18)22(28)16-10-5-4-9-15(16)21(17)27/h1-12H,13H2,(H,24,29)(H,25,26). The molecule has 0 aliphatic heterocycles. The maximum atomic E-state index is 12.9. The van der Waals surface area contributed by atoms with Crippen LogP contribution in [-0.2, 0) is 4.79 Å². The fourth-order valence-corrected chi connectivity index (χ4v) is 3.30. The molecule has 0 saturated carbocycles. The molecule has 0 saturated heterocycles. The summed E-state index contributed by atoms with van der Waals surface area (Å²) in [5.41, 5.74) is 1.76. The van der Waals surface area contributed by atoms with Crippen molar-refractivity contribution >= 4 is 29.1 Å². The molecule has 2 N–H and O–H groups in total. The van der Waals surface area contributed by atoms with Gasteiger partial charge in [0.25, 0.3) is 5.91 Å². The molecular weight excluding hydrogens is 368 g/mol. The van der Waals surface area contributed by atoms with E-state index in [4.69, 9.17) is 0 Å². The topological polar surface area (TPSA) is 92.3 Å². The van der Waals surface area contributed by atoms with E-state index in [1.165, 1.54) is 0 Å². The molecule has 0 spiro atoms. The minimum Gasteiger partial charge on any atom is -0.343 e. The summed E-state index contributed by atoms with van der Waals surface area (Å²) in [6, 6.07) is 19.9. The molecule has 142 valence electrons. The first-order valence-electron chi connectivity index (χ1n) is 9.01. The summed E-state index contributed by atoms with van der Waals surface area (Å²) < 4.78 is 0. The molecule has 3 aromatic rings. The van der Waals surface area contributed by atoms with E-state index in [0.29, 0.717) is 16.7 Å². The van der Waals surface area contributed by atoms with Crippen LogP contribution in [0.25, 0.3) is 0 Å². The van der Waals surface area contributed by atoms with Crippen molar-refractivity contribution in [3.8, 4) is 0 Å². The summed E-state index contributed by atoms with van der Waals surface area (Å²) in [4.78, 5) is 50.1. The van der Waals surface area contributed by atoms with E-state index in [-0.39, 0.29) is 40.8 Å². The van der Waals surface area contributed by atoms with Gasteiger partial charge in [-0.15, -0.1) is 0 Å². The first-order valence-corrected chi connectivity index (χ1v) is 9.01. The molecule has 0 atom stereocenters. The second-order valence-corrected chi connectivity index (χ2v) is 6.53. The third-order valence-electron chi connectivity index (χ3n) is 4.67. The second-order valence-electron chi connectivity index (χ2n) is 6.53. The molecule has 0 fully saturated rings. The number of rotatable bonds is 4. The molecule has 6 nitrogen and oxygen atoms in total. The maximum Gasteiger partial charge on any atom is 0.251 e. The van der Waals surface area contributed by atoms with Crippen LogP contribution in [-0.4, -0.2) is 29.9 Å². The van der Waals surface area contributed by atoms with Crippen LogP contribution in [0.1, 0.15) is 42.2 Å². The van der Waals surface area contributed by atoms with Crippen LogP contribution in [0.3, 0.4) is 0 Å². The Kier molecular flexibility index (Phi) is 4.75. The first-order chi connectivity index (χ1) is 14.1. The predicted molar refractivity (Wildman–Crippen MR) is 107 cm³/mol. The number of carbonyl (C=O) groups excluding carboxylic acids is 4. The summed E-state index contributed by atoms with van der Waals surface area (Å²) >= 11 is 0. The number of carbonyl (C=O) groups is 4. The Labute approximate surface area is 166 Å². The monoisotopic (exact) mass is 384 g/mol. The molecule has 0 heterocycles. The van der Waals surface area contributed by atoms with E-state index in [0.717, 1.165) is 0 Å². The molecule has 1 aliphatic rings. The number of hydrogen-bond acceptors (Lipinski definition) is 4. The number of ketones is 2. The molecule has 0 unspecified atom stereocenters. The fraction of sp³-hybridized carbons (Fsp3) is 0.0435. The van der Waals surface area contributed by atoms with Crippen molar-refractivity contribution in [2.24, 2.45) is 0 Å². The van der Waals surface area contributed by atoms with Gasteiger partial charge in [0.2, 0.25) is 5.91 Å². The number of fused-ring (bicyclic) bond motifs is 2. The largest absolute Gasteiger partial charge is 0.343 e. The van der Waals surface area contributed by atoms with Crippen molar-refractivity contribution in [1.82, 2.24) is 5.32 Å². The van der Waals surface area contributed by atoms with Crippen LogP contribution < -0.4 is 10.6 Å². The Morgan fingerprint density at radius 3 is 2.03 bits per heavy atom. The minimum atomic E-state index is -0.498. The molecule has 1 aliphatic carbocycles. The molecule has 0 bridgehead atoms. The maximum absolute atomic E-state index is 12.9. The Morgan fingerprint density at radius 2 is 1.31 bits per heavy atom. The van der Waals surface area contributed by atoms with Gasteiger partial charge < -0.3 is 10.6 Å². The molecule has 3 aromatic carbocycles. The van der Waals surface area contributed by atoms with E-state index < -0.39 is 5.91 Å². The zero-order chi connectivity index (χ0) is 20.4. The normalized spacial score (nSPS) is 12.0. The quantitative estimate of drug-likeness (QED) is 0.566. The Hall–Kier alpha value is -4.06. The minimum absolute atomic E-state index is 0.166. The lowest BCUT2D eigenvalue weighted by molar-refractivity contribution is -0.115. The molecule has 6 heteroatoms. The van der Waals surface area contributed by atoms with E-state index >= 15 is 0 Å². The lowest BCUT2D eigenvalue weighted by Crippen LogP contribution is -2.33. The average molecular weight is 384 g/mol. The van der Waals surface area contributed by atoms with Gasteiger partial charge in [-0.3, -0.25) is 19.2 Å². The number of anilines is 1. The zero-order valence-corrected chi connectivity index (χ0v) is 15.3. The van der Waals surface area contributed by atoms with Crippen molar-refractivity contribution in [3.63, 3.8) is 0 Å². The summed E-state index contributed by atoms with van der Waals surface area (Å²) in [6.45, 7) is -0.268. The number of nitrogens with one attached hydrogen (secondary N) is 2. The highest BCUT2D eigenvalue weighted by molar-refractivity contribution is 6.30. The number of amides is 2. The van der Waals surface area contributed by atoms with Gasteiger partial charge in [0, 0.05) is 22.3 Å². The van der Waals surface area contributed by atoms with Gasteiger partial charge in [-0.2, -0.15) is 0 Å². The van der Waals surface area contributed by atoms with E-state index in [2.05, 4.69) is 10.6 Å². The van der Waals surface area contributed by atoms with Gasteiger partial charge in [0.1, 0.15) is 0 Å². The third kappa shape index (κ3) is 3.43.